The fourth-order valence-corrected chi connectivity index (χ4v) is 3.59. The predicted octanol–water partition coefficient (Wildman–Crippen LogP) is 3.88. The maximum atomic E-state index is 12.6. The van der Waals surface area contributed by atoms with Crippen molar-refractivity contribution in [3.8, 4) is 11.1 Å². The van der Waals surface area contributed by atoms with Crippen LogP contribution < -0.4 is 5.32 Å². The topological polar surface area (TPSA) is 78.0 Å². The molecule has 0 saturated carbocycles. The number of carbonyl (C=O) groups excluding carboxylic acids is 1. The molecular formula is C21H15N3O2. The number of nitrogens with one attached hydrogen (secondary N) is 2. The Morgan fingerprint density at radius 2 is 1.73 bits per heavy atom. The van der Waals surface area contributed by atoms with Crippen LogP contribution in [0.1, 0.15) is 27.7 Å². The summed E-state index contributed by atoms with van der Waals surface area (Å²) in [5.41, 5.74) is 5.53. The minimum absolute atomic E-state index is 0.285. The van der Waals surface area contributed by atoms with Crippen molar-refractivity contribution in [1.29, 1.82) is 0 Å². The summed E-state index contributed by atoms with van der Waals surface area (Å²) < 4.78 is 0. The number of aliphatic hydroxyl groups excluding tert-OH is 1. The molecule has 0 radical (unpaired) electrons. The van der Waals surface area contributed by atoms with Crippen LogP contribution in [0.3, 0.4) is 0 Å². The third-order valence-corrected chi connectivity index (χ3v) is 4.83. The summed E-state index contributed by atoms with van der Waals surface area (Å²) in [5.74, 6) is -0.285. The smallest absolute Gasteiger partial charge is 0.276 e. The van der Waals surface area contributed by atoms with Crippen LogP contribution in [0.4, 0.5) is 5.69 Å². The minimum Gasteiger partial charge on any atom is -0.384 e. The number of aromatic nitrogens is 2. The van der Waals surface area contributed by atoms with Gasteiger partial charge in [0.05, 0.1) is 5.52 Å². The molecule has 5 nitrogen and oxygen atoms in total. The van der Waals surface area contributed by atoms with Gasteiger partial charge < -0.3 is 10.4 Å². The fourth-order valence-electron chi connectivity index (χ4n) is 3.59. The number of rotatable bonds is 2. The number of H-pyrrole nitrogens is 1. The van der Waals surface area contributed by atoms with Gasteiger partial charge in [0.25, 0.3) is 5.91 Å². The number of para-hydroxylation sites is 1. The van der Waals surface area contributed by atoms with E-state index in [4.69, 9.17) is 0 Å². The van der Waals surface area contributed by atoms with E-state index < -0.39 is 6.10 Å². The van der Waals surface area contributed by atoms with Crippen LogP contribution in [0.5, 0.6) is 0 Å². The molecule has 3 aromatic carbocycles. The molecule has 1 aromatic heterocycles. The quantitative estimate of drug-likeness (QED) is 0.518. The monoisotopic (exact) mass is 341 g/mol. The van der Waals surface area contributed by atoms with Crippen molar-refractivity contribution in [1.82, 2.24) is 10.2 Å². The number of benzene rings is 3. The van der Waals surface area contributed by atoms with Gasteiger partial charge in [-0.05, 0) is 40.5 Å². The van der Waals surface area contributed by atoms with Gasteiger partial charge in [-0.25, -0.2) is 0 Å². The molecule has 3 N–H and O–H groups in total. The summed E-state index contributed by atoms with van der Waals surface area (Å²) in [6.45, 7) is 0. The van der Waals surface area contributed by atoms with E-state index >= 15 is 0 Å². The highest BCUT2D eigenvalue weighted by molar-refractivity contribution is 6.11. The van der Waals surface area contributed by atoms with Crippen LogP contribution in [-0.2, 0) is 0 Å². The highest BCUT2D eigenvalue weighted by atomic mass is 16.3. The van der Waals surface area contributed by atoms with E-state index in [1.807, 2.05) is 66.7 Å². The molecule has 0 fully saturated rings. The molecule has 0 spiro atoms. The molecule has 1 amide bonds. The molecule has 4 aromatic rings. The van der Waals surface area contributed by atoms with E-state index in [0.29, 0.717) is 11.4 Å². The number of hydrogen-bond acceptors (Lipinski definition) is 3. The summed E-state index contributed by atoms with van der Waals surface area (Å²) in [4.78, 5) is 12.6. The van der Waals surface area contributed by atoms with Crippen molar-refractivity contribution in [2.75, 3.05) is 5.32 Å². The molecule has 1 atom stereocenters. The molecule has 5 heteroatoms. The van der Waals surface area contributed by atoms with Gasteiger partial charge in [-0.2, -0.15) is 5.10 Å². The third-order valence-electron chi connectivity index (χ3n) is 4.83. The van der Waals surface area contributed by atoms with Crippen molar-refractivity contribution in [3.05, 3.63) is 83.6 Å². The second kappa shape index (κ2) is 5.54. The summed E-state index contributed by atoms with van der Waals surface area (Å²) in [7, 11) is 0. The van der Waals surface area contributed by atoms with Gasteiger partial charge in [-0.1, -0.05) is 48.5 Å². The van der Waals surface area contributed by atoms with Crippen LogP contribution in [0, 0.1) is 0 Å². The minimum atomic E-state index is -0.677. The molecule has 5 rings (SSSR count). The van der Waals surface area contributed by atoms with Gasteiger partial charge in [0.2, 0.25) is 0 Å². The Balaban J connectivity index is 1.48. The van der Waals surface area contributed by atoms with Gasteiger partial charge in [0, 0.05) is 11.1 Å². The number of amides is 1. The van der Waals surface area contributed by atoms with Crippen LogP contribution in [0.15, 0.2) is 66.7 Å². The lowest BCUT2D eigenvalue weighted by atomic mass is 10.1. The number of carbonyl (C=O) groups is 1. The molecular weight excluding hydrogens is 326 g/mol. The van der Waals surface area contributed by atoms with Crippen LogP contribution in [0.25, 0.3) is 22.0 Å². The van der Waals surface area contributed by atoms with E-state index in [9.17, 15) is 9.90 Å². The van der Waals surface area contributed by atoms with Crippen LogP contribution >= 0.6 is 0 Å². The Morgan fingerprint density at radius 1 is 0.962 bits per heavy atom. The molecule has 1 aliphatic rings. The average Bonchev–Trinajstić information content (AvgIpc) is 3.22. The molecule has 1 unspecified atom stereocenters. The zero-order valence-corrected chi connectivity index (χ0v) is 13.7. The summed E-state index contributed by atoms with van der Waals surface area (Å²) >= 11 is 0. The van der Waals surface area contributed by atoms with E-state index in [1.54, 1.807) is 0 Å². The number of anilines is 1. The Kier molecular flexibility index (Phi) is 3.17. The first-order valence-electron chi connectivity index (χ1n) is 8.38. The second-order valence-electron chi connectivity index (χ2n) is 6.36. The molecule has 126 valence electrons. The first-order chi connectivity index (χ1) is 12.7. The number of nitrogens with zero attached hydrogens (tertiary/aromatic N) is 1. The lowest BCUT2D eigenvalue weighted by Crippen LogP contribution is -2.13. The van der Waals surface area contributed by atoms with Crippen molar-refractivity contribution in [2.45, 2.75) is 6.10 Å². The fraction of sp³-hybridized carbons (Fsp3) is 0.0476. The molecule has 0 saturated heterocycles. The van der Waals surface area contributed by atoms with Gasteiger partial charge in [0.15, 0.2) is 5.69 Å². The van der Waals surface area contributed by atoms with E-state index in [1.165, 1.54) is 0 Å². The first-order valence-corrected chi connectivity index (χ1v) is 8.38. The van der Waals surface area contributed by atoms with E-state index in [-0.39, 0.29) is 5.91 Å². The SMILES string of the molecule is O=C(Nc1ccc2c(c1)C(O)c1ccccc1-2)c1n[nH]c2ccccc12. The number of aromatic amines is 1. The predicted molar refractivity (Wildman–Crippen MR) is 100.0 cm³/mol. The van der Waals surface area contributed by atoms with Crippen LogP contribution in [0.2, 0.25) is 0 Å². The largest absolute Gasteiger partial charge is 0.384 e. The third kappa shape index (κ3) is 2.14. The lowest BCUT2D eigenvalue weighted by molar-refractivity contribution is 0.102. The number of hydrogen-bond donors (Lipinski definition) is 3. The lowest BCUT2D eigenvalue weighted by Gasteiger charge is -2.09. The maximum absolute atomic E-state index is 12.6. The Labute approximate surface area is 149 Å². The average molecular weight is 341 g/mol. The summed E-state index contributed by atoms with van der Waals surface area (Å²) in [5, 5.41) is 21.2. The Bertz CT molecular complexity index is 1160. The van der Waals surface area contributed by atoms with Crippen molar-refractivity contribution in [3.63, 3.8) is 0 Å². The van der Waals surface area contributed by atoms with Gasteiger partial charge in [-0.15, -0.1) is 0 Å². The molecule has 1 aliphatic carbocycles. The van der Waals surface area contributed by atoms with Gasteiger partial charge in [0.1, 0.15) is 6.10 Å². The van der Waals surface area contributed by atoms with E-state index in [0.717, 1.165) is 33.2 Å². The van der Waals surface area contributed by atoms with Gasteiger partial charge >= 0.3 is 0 Å². The van der Waals surface area contributed by atoms with Crippen LogP contribution in [-0.4, -0.2) is 21.2 Å². The van der Waals surface area contributed by atoms with Crippen molar-refractivity contribution in [2.24, 2.45) is 0 Å². The molecule has 0 aliphatic heterocycles. The zero-order valence-electron chi connectivity index (χ0n) is 13.7. The zero-order chi connectivity index (χ0) is 17.7. The second-order valence-corrected chi connectivity index (χ2v) is 6.36. The molecule has 1 heterocycles. The summed E-state index contributed by atoms with van der Waals surface area (Å²) in [6, 6.07) is 20.9. The van der Waals surface area contributed by atoms with Crippen molar-refractivity contribution >= 4 is 22.5 Å². The summed E-state index contributed by atoms with van der Waals surface area (Å²) in [6.07, 6.45) is -0.677. The molecule has 0 bridgehead atoms. The maximum Gasteiger partial charge on any atom is 0.276 e. The Morgan fingerprint density at radius 3 is 2.65 bits per heavy atom. The first kappa shape index (κ1) is 14.9. The highest BCUT2D eigenvalue weighted by Crippen LogP contribution is 2.44. The normalized spacial score (nSPS) is 14.9. The highest BCUT2D eigenvalue weighted by Gasteiger charge is 2.27. The van der Waals surface area contributed by atoms with E-state index in [2.05, 4.69) is 15.5 Å². The number of aliphatic hydroxyl groups is 1. The molecule has 26 heavy (non-hydrogen) atoms. The Hall–Kier alpha value is -3.44. The number of fused-ring (bicyclic) bond motifs is 4. The standard InChI is InChI=1S/C21H15N3O2/c25-20-15-6-2-1-5-13(15)14-10-9-12(11-17(14)20)22-21(26)19-16-7-3-4-8-18(16)23-24-19/h1-11,20,25H,(H,22,26)(H,23,24). The van der Waals surface area contributed by atoms with Gasteiger partial charge in [-0.3, -0.25) is 9.89 Å². The van der Waals surface area contributed by atoms with Crippen molar-refractivity contribution < 1.29 is 9.90 Å².